The lowest BCUT2D eigenvalue weighted by atomic mass is 9.79. The summed E-state index contributed by atoms with van der Waals surface area (Å²) in [6.07, 6.45) is 2.11. The van der Waals surface area contributed by atoms with E-state index in [1.807, 2.05) is 13.0 Å². The summed E-state index contributed by atoms with van der Waals surface area (Å²) in [5.41, 5.74) is 0.233. The van der Waals surface area contributed by atoms with Crippen molar-refractivity contribution >= 4 is 5.82 Å². The lowest BCUT2D eigenvalue weighted by Crippen LogP contribution is -2.60. The molecule has 2 N–H and O–H groups in total. The maximum atomic E-state index is 5.20. The molecular weight excluding hydrogens is 252 g/mol. The SMILES string of the molecule is COc1cc(NC2CC(C)(C)NC(C)(C)C2)nc(C)n1. The third-order valence-electron chi connectivity index (χ3n) is 3.57. The first-order chi connectivity index (χ1) is 9.19. The van der Waals surface area contributed by atoms with Crippen LogP contribution in [0.3, 0.4) is 0 Å². The van der Waals surface area contributed by atoms with E-state index in [9.17, 15) is 0 Å². The van der Waals surface area contributed by atoms with Gasteiger partial charge in [0.05, 0.1) is 7.11 Å². The minimum absolute atomic E-state index is 0.117. The predicted octanol–water partition coefficient (Wildman–Crippen LogP) is 2.51. The van der Waals surface area contributed by atoms with Crippen LogP contribution >= 0.6 is 0 Å². The first-order valence-electron chi connectivity index (χ1n) is 7.15. The van der Waals surface area contributed by atoms with Crippen LogP contribution in [0, 0.1) is 6.92 Å². The molecule has 0 spiro atoms. The van der Waals surface area contributed by atoms with E-state index in [2.05, 4.69) is 48.3 Å². The fourth-order valence-corrected chi connectivity index (χ4v) is 3.35. The van der Waals surface area contributed by atoms with Crippen LogP contribution in [0.4, 0.5) is 5.82 Å². The fraction of sp³-hybridized carbons (Fsp3) is 0.733. The Morgan fingerprint density at radius 1 is 1.20 bits per heavy atom. The van der Waals surface area contributed by atoms with Gasteiger partial charge in [-0.2, -0.15) is 4.98 Å². The van der Waals surface area contributed by atoms with E-state index in [-0.39, 0.29) is 11.1 Å². The lowest BCUT2D eigenvalue weighted by Gasteiger charge is -2.46. The van der Waals surface area contributed by atoms with Crippen molar-refractivity contribution in [2.45, 2.75) is 64.6 Å². The van der Waals surface area contributed by atoms with Crippen LogP contribution in [-0.2, 0) is 0 Å². The summed E-state index contributed by atoms with van der Waals surface area (Å²) in [4.78, 5) is 8.67. The van der Waals surface area contributed by atoms with Gasteiger partial charge >= 0.3 is 0 Å². The Morgan fingerprint density at radius 3 is 2.35 bits per heavy atom. The largest absolute Gasteiger partial charge is 0.481 e. The molecule has 0 aromatic carbocycles. The van der Waals surface area contributed by atoms with Crippen molar-refractivity contribution in [1.29, 1.82) is 0 Å². The normalized spacial score (nSPS) is 21.5. The van der Waals surface area contributed by atoms with Crippen LogP contribution in [0.2, 0.25) is 0 Å². The highest BCUT2D eigenvalue weighted by atomic mass is 16.5. The van der Waals surface area contributed by atoms with Crippen molar-refractivity contribution in [3.63, 3.8) is 0 Å². The van der Waals surface area contributed by atoms with Gasteiger partial charge in [0.25, 0.3) is 0 Å². The van der Waals surface area contributed by atoms with E-state index in [1.54, 1.807) is 7.11 Å². The fourth-order valence-electron chi connectivity index (χ4n) is 3.35. The smallest absolute Gasteiger partial charge is 0.218 e. The van der Waals surface area contributed by atoms with Crippen molar-refractivity contribution in [2.75, 3.05) is 12.4 Å². The Balaban J connectivity index is 2.15. The Morgan fingerprint density at radius 2 is 1.80 bits per heavy atom. The van der Waals surface area contributed by atoms with Gasteiger partial charge in [-0.3, -0.25) is 0 Å². The summed E-state index contributed by atoms with van der Waals surface area (Å²) in [6.45, 7) is 10.9. The van der Waals surface area contributed by atoms with Crippen LogP contribution in [0.1, 0.15) is 46.4 Å². The second-order valence-corrected chi connectivity index (χ2v) is 6.99. The second-order valence-electron chi connectivity index (χ2n) is 6.99. The molecule has 0 saturated carbocycles. The number of aryl methyl sites for hydroxylation is 1. The van der Waals surface area contributed by atoms with Gasteiger partial charge in [-0.1, -0.05) is 0 Å². The van der Waals surface area contributed by atoms with Gasteiger partial charge in [-0.25, -0.2) is 4.98 Å². The molecule has 0 atom stereocenters. The van der Waals surface area contributed by atoms with Crippen LogP contribution in [0.5, 0.6) is 5.88 Å². The van der Waals surface area contributed by atoms with Crippen LogP contribution in [-0.4, -0.2) is 34.2 Å². The first kappa shape index (κ1) is 15.0. The maximum Gasteiger partial charge on any atom is 0.218 e. The van der Waals surface area contributed by atoms with Gasteiger partial charge < -0.3 is 15.4 Å². The zero-order valence-corrected chi connectivity index (χ0v) is 13.4. The summed E-state index contributed by atoms with van der Waals surface area (Å²) in [6, 6.07) is 2.25. The van der Waals surface area contributed by atoms with Gasteiger partial charge in [0.1, 0.15) is 11.6 Å². The van der Waals surface area contributed by atoms with Gasteiger partial charge in [0.2, 0.25) is 5.88 Å². The highest BCUT2D eigenvalue weighted by Crippen LogP contribution is 2.30. The van der Waals surface area contributed by atoms with Gasteiger partial charge in [-0.15, -0.1) is 0 Å². The standard InChI is InChI=1S/C15H26N4O/c1-10-16-12(7-13(17-10)20-6)18-11-8-14(2,3)19-15(4,5)9-11/h7,11,19H,8-9H2,1-6H3,(H,16,17,18). The van der Waals surface area contributed by atoms with E-state index >= 15 is 0 Å². The molecule has 112 valence electrons. The van der Waals surface area contributed by atoms with Crippen molar-refractivity contribution in [1.82, 2.24) is 15.3 Å². The number of aromatic nitrogens is 2. The van der Waals surface area contributed by atoms with E-state index in [4.69, 9.17) is 4.74 Å². The third kappa shape index (κ3) is 3.82. The van der Waals surface area contributed by atoms with Crippen molar-refractivity contribution in [2.24, 2.45) is 0 Å². The van der Waals surface area contributed by atoms with E-state index in [0.717, 1.165) is 24.5 Å². The highest BCUT2D eigenvalue weighted by molar-refractivity contribution is 5.39. The third-order valence-corrected chi connectivity index (χ3v) is 3.57. The number of methoxy groups -OCH3 is 1. The molecular formula is C15H26N4O. The first-order valence-corrected chi connectivity index (χ1v) is 7.15. The van der Waals surface area contributed by atoms with Crippen LogP contribution in [0.25, 0.3) is 0 Å². The molecule has 2 rings (SSSR count). The molecule has 1 aliphatic heterocycles. The van der Waals surface area contributed by atoms with Crippen molar-refractivity contribution in [3.8, 4) is 5.88 Å². The Labute approximate surface area is 121 Å². The number of piperidine rings is 1. The molecule has 1 aromatic rings. The monoisotopic (exact) mass is 278 g/mol. The number of hydrogen-bond acceptors (Lipinski definition) is 5. The zero-order chi connectivity index (χ0) is 15.0. The molecule has 0 aliphatic carbocycles. The maximum absolute atomic E-state index is 5.20. The van der Waals surface area contributed by atoms with Crippen molar-refractivity contribution in [3.05, 3.63) is 11.9 Å². The molecule has 1 aromatic heterocycles. The topological polar surface area (TPSA) is 59.1 Å². The number of hydrogen-bond donors (Lipinski definition) is 2. The molecule has 5 heteroatoms. The summed E-state index contributed by atoms with van der Waals surface area (Å²) in [5.74, 6) is 2.17. The summed E-state index contributed by atoms with van der Waals surface area (Å²) < 4.78 is 5.20. The zero-order valence-electron chi connectivity index (χ0n) is 13.4. The van der Waals surface area contributed by atoms with Crippen molar-refractivity contribution < 1.29 is 4.74 Å². The van der Waals surface area contributed by atoms with E-state index < -0.39 is 0 Å². The summed E-state index contributed by atoms with van der Waals surface area (Å²) >= 11 is 0. The number of ether oxygens (including phenoxy) is 1. The van der Waals surface area contributed by atoms with Crippen LogP contribution in [0.15, 0.2) is 6.07 Å². The van der Waals surface area contributed by atoms with Gasteiger partial charge in [-0.05, 0) is 47.5 Å². The number of nitrogens with zero attached hydrogens (tertiary/aromatic N) is 2. The minimum Gasteiger partial charge on any atom is -0.481 e. The minimum atomic E-state index is 0.117. The Kier molecular flexibility index (Phi) is 3.91. The lowest BCUT2D eigenvalue weighted by molar-refractivity contribution is 0.170. The summed E-state index contributed by atoms with van der Waals surface area (Å²) in [7, 11) is 1.63. The highest BCUT2D eigenvalue weighted by Gasteiger charge is 2.37. The predicted molar refractivity (Wildman–Crippen MR) is 81.3 cm³/mol. The number of nitrogens with one attached hydrogen (secondary N) is 2. The number of rotatable bonds is 3. The molecule has 1 fully saturated rings. The van der Waals surface area contributed by atoms with Gasteiger partial charge in [0, 0.05) is 23.2 Å². The second kappa shape index (κ2) is 5.20. The molecule has 0 radical (unpaired) electrons. The van der Waals surface area contributed by atoms with Gasteiger partial charge in [0.15, 0.2) is 0 Å². The molecule has 20 heavy (non-hydrogen) atoms. The molecule has 0 bridgehead atoms. The van der Waals surface area contributed by atoms with Crippen LogP contribution < -0.4 is 15.4 Å². The average Bonchev–Trinajstić information content (AvgIpc) is 2.23. The quantitative estimate of drug-likeness (QED) is 0.889. The molecule has 0 unspecified atom stereocenters. The molecule has 2 heterocycles. The molecule has 5 nitrogen and oxygen atoms in total. The Bertz CT molecular complexity index is 469. The number of anilines is 1. The Hall–Kier alpha value is -1.36. The molecule has 0 amide bonds. The summed E-state index contributed by atoms with van der Waals surface area (Å²) in [5, 5.41) is 7.22. The average molecular weight is 278 g/mol. The van der Waals surface area contributed by atoms with E-state index in [1.165, 1.54) is 0 Å². The molecule has 1 saturated heterocycles. The van der Waals surface area contributed by atoms with E-state index in [0.29, 0.717) is 11.9 Å². The molecule has 1 aliphatic rings.